The van der Waals surface area contributed by atoms with Crippen LogP contribution in [0.1, 0.15) is 11.4 Å². The molecule has 2 heteroatoms. The summed E-state index contributed by atoms with van der Waals surface area (Å²) >= 11 is 0. The lowest BCUT2D eigenvalue weighted by atomic mass is 10.0. The highest BCUT2D eigenvalue weighted by Crippen LogP contribution is 2.24. The van der Waals surface area contributed by atoms with Crippen LogP contribution in [0.3, 0.4) is 0 Å². The van der Waals surface area contributed by atoms with Crippen molar-refractivity contribution in [2.75, 3.05) is 0 Å². The highest BCUT2D eigenvalue weighted by molar-refractivity contribution is 6.06. The number of aromatic nitrogens is 2. The Kier molecular flexibility index (Phi) is 3.13. The fraction of sp³-hybridized carbons (Fsp3) is 0. The van der Waals surface area contributed by atoms with Gasteiger partial charge in [-0.25, -0.2) is 4.98 Å². The van der Waals surface area contributed by atoms with Crippen molar-refractivity contribution < 1.29 is 0 Å². The van der Waals surface area contributed by atoms with Crippen molar-refractivity contribution in [3.63, 3.8) is 0 Å². The Morgan fingerprint density at radius 2 is 1.50 bits per heavy atom. The second kappa shape index (κ2) is 5.41. The van der Waals surface area contributed by atoms with E-state index in [1.807, 2.05) is 36.4 Å². The number of pyridine rings is 2. The van der Waals surface area contributed by atoms with Crippen molar-refractivity contribution >= 4 is 33.8 Å². The van der Waals surface area contributed by atoms with Crippen LogP contribution in [-0.4, -0.2) is 9.97 Å². The Hall–Kier alpha value is -3.00. The Bertz CT molecular complexity index is 972. The van der Waals surface area contributed by atoms with Crippen molar-refractivity contribution in [1.82, 2.24) is 9.97 Å². The molecule has 0 aliphatic carbocycles. The molecule has 0 atom stereocenters. The first-order valence-corrected chi connectivity index (χ1v) is 7.28. The summed E-state index contributed by atoms with van der Waals surface area (Å²) in [6.45, 7) is 0. The second-order valence-corrected chi connectivity index (χ2v) is 5.18. The van der Waals surface area contributed by atoms with Gasteiger partial charge in [0.05, 0.1) is 16.9 Å². The molecule has 0 spiro atoms. The summed E-state index contributed by atoms with van der Waals surface area (Å²) in [5, 5.41) is 3.68. The maximum absolute atomic E-state index is 4.73. The van der Waals surface area contributed by atoms with E-state index in [1.165, 1.54) is 16.2 Å². The van der Waals surface area contributed by atoms with Crippen molar-refractivity contribution in [2.24, 2.45) is 0 Å². The summed E-state index contributed by atoms with van der Waals surface area (Å²) in [5.41, 5.74) is 2.89. The number of hydrogen-bond acceptors (Lipinski definition) is 2. The molecule has 0 amide bonds. The van der Waals surface area contributed by atoms with Crippen molar-refractivity contribution in [2.45, 2.75) is 0 Å². The van der Waals surface area contributed by atoms with Gasteiger partial charge >= 0.3 is 0 Å². The van der Waals surface area contributed by atoms with Gasteiger partial charge in [-0.15, -0.1) is 0 Å². The smallest absolute Gasteiger partial charge is 0.0715 e. The fourth-order valence-corrected chi connectivity index (χ4v) is 2.64. The van der Waals surface area contributed by atoms with Crippen LogP contribution in [0.15, 0.2) is 72.9 Å². The number of rotatable bonds is 2. The maximum atomic E-state index is 4.73. The molecule has 0 saturated carbocycles. The molecule has 0 N–H and O–H groups in total. The van der Waals surface area contributed by atoms with Crippen LogP contribution >= 0.6 is 0 Å². The summed E-state index contributed by atoms with van der Waals surface area (Å²) in [5.74, 6) is 0. The van der Waals surface area contributed by atoms with Crippen molar-refractivity contribution in [3.05, 3.63) is 84.3 Å². The van der Waals surface area contributed by atoms with Gasteiger partial charge in [-0.05, 0) is 47.2 Å². The third kappa shape index (κ3) is 2.35. The number of hydrogen-bond donors (Lipinski definition) is 0. The molecule has 2 aromatic heterocycles. The summed E-state index contributed by atoms with van der Waals surface area (Å²) in [4.78, 5) is 9.01. The van der Waals surface area contributed by atoms with Crippen LogP contribution in [-0.2, 0) is 0 Å². The van der Waals surface area contributed by atoms with E-state index < -0.39 is 0 Å². The van der Waals surface area contributed by atoms with E-state index in [4.69, 9.17) is 4.98 Å². The minimum absolute atomic E-state index is 0.933. The minimum Gasteiger partial charge on any atom is -0.257 e. The van der Waals surface area contributed by atoms with Crippen LogP contribution in [0.25, 0.3) is 33.8 Å². The summed E-state index contributed by atoms with van der Waals surface area (Å²) < 4.78 is 0. The van der Waals surface area contributed by atoms with E-state index in [1.54, 1.807) is 6.20 Å². The molecule has 0 aliphatic rings. The van der Waals surface area contributed by atoms with E-state index in [-0.39, 0.29) is 0 Å². The lowest BCUT2D eigenvalue weighted by molar-refractivity contribution is 1.30. The first-order chi connectivity index (χ1) is 10.9. The molecular weight excluding hydrogens is 268 g/mol. The molecule has 104 valence electrons. The van der Waals surface area contributed by atoms with Gasteiger partial charge < -0.3 is 0 Å². The number of fused-ring (bicyclic) bond motifs is 3. The molecule has 0 aliphatic heterocycles. The molecule has 0 saturated heterocycles. The SMILES string of the molecule is C(=C\c1ccc2c(ccc3ccccc32)n1)/c1ccccn1. The Balaban J connectivity index is 1.78. The van der Waals surface area contributed by atoms with Gasteiger partial charge in [-0.3, -0.25) is 4.98 Å². The number of nitrogens with zero attached hydrogens (tertiary/aromatic N) is 2. The summed E-state index contributed by atoms with van der Waals surface area (Å²) in [6.07, 6.45) is 5.77. The Labute approximate surface area is 128 Å². The van der Waals surface area contributed by atoms with Gasteiger partial charge in [-0.2, -0.15) is 0 Å². The highest BCUT2D eigenvalue weighted by atomic mass is 14.7. The summed E-state index contributed by atoms with van der Waals surface area (Å²) in [7, 11) is 0. The highest BCUT2D eigenvalue weighted by Gasteiger charge is 2.01. The molecule has 4 aromatic rings. The molecule has 4 rings (SSSR count). The van der Waals surface area contributed by atoms with Crippen LogP contribution < -0.4 is 0 Å². The quantitative estimate of drug-likeness (QED) is 0.486. The lowest BCUT2D eigenvalue weighted by Gasteiger charge is -2.04. The topological polar surface area (TPSA) is 25.8 Å². The van der Waals surface area contributed by atoms with E-state index >= 15 is 0 Å². The average molecular weight is 282 g/mol. The Morgan fingerprint density at radius 3 is 2.41 bits per heavy atom. The van der Waals surface area contributed by atoms with Gasteiger partial charge in [0.1, 0.15) is 0 Å². The average Bonchev–Trinajstić information content (AvgIpc) is 2.60. The normalized spacial score (nSPS) is 11.5. The first-order valence-electron chi connectivity index (χ1n) is 7.28. The molecule has 2 heterocycles. The fourth-order valence-electron chi connectivity index (χ4n) is 2.64. The van der Waals surface area contributed by atoms with E-state index in [2.05, 4.69) is 47.4 Å². The zero-order valence-electron chi connectivity index (χ0n) is 12.0. The molecule has 0 unspecified atom stereocenters. The van der Waals surface area contributed by atoms with Crippen LogP contribution in [0, 0.1) is 0 Å². The second-order valence-electron chi connectivity index (χ2n) is 5.18. The van der Waals surface area contributed by atoms with Crippen LogP contribution in [0.2, 0.25) is 0 Å². The summed E-state index contributed by atoms with van der Waals surface area (Å²) in [6, 6.07) is 22.7. The van der Waals surface area contributed by atoms with Gasteiger partial charge in [0, 0.05) is 11.6 Å². The zero-order valence-corrected chi connectivity index (χ0v) is 12.0. The largest absolute Gasteiger partial charge is 0.257 e. The number of benzene rings is 2. The van der Waals surface area contributed by atoms with E-state index in [0.717, 1.165) is 16.9 Å². The van der Waals surface area contributed by atoms with E-state index in [0.29, 0.717) is 0 Å². The van der Waals surface area contributed by atoms with Gasteiger partial charge in [0.15, 0.2) is 0 Å². The molecule has 0 bridgehead atoms. The molecule has 22 heavy (non-hydrogen) atoms. The maximum Gasteiger partial charge on any atom is 0.0715 e. The molecule has 2 nitrogen and oxygen atoms in total. The van der Waals surface area contributed by atoms with Crippen LogP contribution in [0.5, 0.6) is 0 Å². The third-order valence-electron chi connectivity index (χ3n) is 3.73. The first kappa shape index (κ1) is 12.7. The standard InChI is InChI=1S/C20H14N2/c1-2-7-18-15(5-1)8-13-20-19(18)12-11-17(22-20)10-9-16-6-3-4-14-21-16/h1-14H/b10-9+. The molecular formula is C20H14N2. The Morgan fingerprint density at radius 1 is 0.636 bits per heavy atom. The van der Waals surface area contributed by atoms with Gasteiger partial charge in [0.25, 0.3) is 0 Å². The van der Waals surface area contributed by atoms with Crippen molar-refractivity contribution in [3.8, 4) is 0 Å². The predicted octanol–water partition coefficient (Wildman–Crippen LogP) is 4.95. The van der Waals surface area contributed by atoms with Gasteiger partial charge in [-0.1, -0.05) is 42.5 Å². The third-order valence-corrected chi connectivity index (χ3v) is 3.73. The molecule has 2 aromatic carbocycles. The monoisotopic (exact) mass is 282 g/mol. The van der Waals surface area contributed by atoms with E-state index in [9.17, 15) is 0 Å². The van der Waals surface area contributed by atoms with Gasteiger partial charge in [0.2, 0.25) is 0 Å². The molecule has 0 fully saturated rings. The zero-order chi connectivity index (χ0) is 14.8. The molecule has 0 radical (unpaired) electrons. The van der Waals surface area contributed by atoms with Crippen molar-refractivity contribution in [1.29, 1.82) is 0 Å². The predicted molar refractivity (Wildman–Crippen MR) is 92.4 cm³/mol. The lowest BCUT2D eigenvalue weighted by Crippen LogP contribution is -1.85. The van der Waals surface area contributed by atoms with Crippen LogP contribution in [0.4, 0.5) is 0 Å². The minimum atomic E-state index is 0.933.